The topological polar surface area (TPSA) is 62.2 Å². The van der Waals surface area contributed by atoms with E-state index in [4.69, 9.17) is 11.6 Å². The van der Waals surface area contributed by atoms with Crippen LogP contribution in [0.25, 0.3) is 10.9 Å². The van der Waals surface area contributed by atoms with Crippen LogP contribution >= 0.6 is 11.6 Å². The van der Waals surface area contributed by atoms with Gasteiger partial charge < -0.3 is 10.4 Å². The van der Waals surface area contributed by atoms with Crippen LogP contribution in [0.3, 0.4) is 0 Å². The maximum atomic E-state index is 13.5. The van der Waals surface area contributed by atoms with Crippen molar-refractivity contribution >= 4 is 28.4 Å². The molecule has 138 valence electrons. The SMILES string of the molecule is O=C(NCC1(O)CC1)c1cc(Cl)c2cc(C3CC3)cc(C(F)(F)F)c2n1. The Bertz CT molecular complexity index is 905. The average Bonchev–Trinajstić information content (AvgIpc) is 3.47. The summed E-state index contributed by atoms with van der Waals surface area (Å²) in [4.78, 5) is 16.2. The highest BCUT2D eigenvalue weighted by Crippen LogP contribution is 2.45. The molecule has 26 heavy (non-hydrogen) atoms. The van der Waals surface area contributed by atoms with Crippen LogP contribution in [0.1, 0.15) is 53.2 Å². The zero-order valence-corrected chi connectivity index (χ0v) is 14.4. The van der Waals surface area contributed by atoms with Crippen molar-refractivity contribution in [3.63, 3.8) is 0 Å². The summed E-state index contributed by atoms with van der Waals surface area (Å²) in [5, 5.41) is 12.5. The number of nitrogens with one attached hydrogen (secondary N) is 1. The summed E-state index contributed by atoms with van der Waals surface area (Å²) in [7, 11) is 0. The summed E-state index contributed by atoms with van der Waals surface area (Å²) in [5.74, 6) is -0.535. The molecule has 0 atom stereocenters. The lowest BCUT2D eigenvalue weighted by atomic mass is 10.0. The Balaban J connectivity index is 1.77. The largest absolute Gasteiger partial charge is 0.418 e. The molecule has 1 aromatic carbocycles. The lowest BCUT2D eigenvalue weighted by molar-refractivity contribution is -0.136. The number of halogens is 4. The predicted octanol–water partition coefficient (Wildman–Crippen LogP) is 4.04. The normalized spacial score (nSPS) is 18.8. The maximum Gasteiger partial charge on any atom is 0.418 e. The molecule has 0 unspecified atom stereocenters. The highest BCUT2D eigenvalue weighted by molar-refractivity contribution is 6.35. The highest BCUT2D eigenvalue weighted by atomic mass is 35.5. The second kappa shape index (κ2) is 5.82. The van der Waals surface area contributed by atoms with Crippen LogP contribution < -0.4 is 5.32 Å². The standard InChI is InChI=1S/C18H16ClF3N2O2/c19-13-7-14(16(25)23-8-17(26)3-4-17)24-15-11(13)5-10(9-1-2-9)6-12(15)18(20,21)22/h5-7,9,26H,1-4,8H2,(H,23,25). The number of fused-ring (bicyclic) bond motifs is 1. The summed E-state index contributed by atoms with van der Waals surface area (Å²) >= 11 is 6.19. The van der Waals surface area contributed by atoms with E-state index < -0.39 is 23.2 Å². The molecule has 1 amide bonds. The van der Waals surface area contributed by atoms with Crippen LogP contribution in [-0.2, 0) is 6.18 Å². The van der Waals surface area contributed by atoms with Crippen LogP contribution in [0.4, 0.5) is 13.2 Å². The van der Waals surface area contributed by atoms with Crippen LogP contribution in [-0.4, -0.2) is 28.1 Å². The molecule has 2 aromatic rings. The first-order chi connectivity index (χ1) is 12.2. The quantitative estimate of drug-likeness (QED) is 0.836. The van der Waals surface area contributed by atoms with Crippen LogP contribution in [0.5, 0.6) is 0 Å². The number of aliphatic hydroxyl groups is 1. The van der Waals surface area contributed by atoms with Gasteiger partial charge in [-0.1, -0.05) is 11.6 Å². The second-order valence-electron chi connectivity index (χ2n) is 7.13. The number of amides is 1. The van der Waals surface area contributed by atoms with E-state index in [9.17, 15) is 23.1 Å². The molecule has 4 nitrogen and oxygen atoms in total. The van der Waals surface area contributed by atoms with Gasteiger partial charge in [-0.25, -0.2) is 4.98 Å². The number of alkyl halides is 3. The van der Waals surface area contributed by atoms with Crippen molar-refractivity contribution in [2.45, 2.75) is 43.4 Å². The lowest BCUT2D eigenvalue weighted by Gasteiger charge is -2.15. The number of aromatic nitrogens is 1. The van der Waals surface area contributed by atoms with E-state index in [1.165, 1.54) is 6.07 Å². The number of pyridine rings is 1. The smallest absolute Gasteiger partial charge is 0.388 e. The zero-order chi connectivity index (χ0) is 18.7. The van der Waals surface area contributed by atoms with Gasteiger partial charge in [0.25, 0.3) is 5.91 Å². The molecule has 2 aliphatic carbocycles. The molecular formula is C18H16ClF3N2O2. The third-order valence-corrected chi connectivity index (χ3v) is 5.19. The molecule has 1 aromatic heterocycles. The van der Waals surface area contributed by atoms with Crippen molar-refractivity contribution in [1.82, 2.24) is 10.3 Å². The molecule has 0 aliphatic heterocycles. The predicted molar refractivity (Wildman–Crippen MR) is 90.2 cm³/mol. The second-order valence-corrected chi connectivity index (χ2v) is 7.54. The first-order valence-corrected chi connectivity index (χ1v) is 8.76. The molecule has 0 radical (unpaired) electrons. The van der Waals surface area contributed by atoms with Crippen molar-refractivity contribution in [2.24, 2.45) is 0 Å². The van der Waals surface area contributed by atoms with E-state index in [1.807, 2.05) is 0 Å². The van der Waals surface area contributed by atoms with Gasteiger partial charge in [-0.2, -0.15) is 13.2 Å². The maximum absolute atomic E-state index is 13.5. The fraction of sp³-hybridized carbons (Fsp3) is 0.444. The van der Waals surface area contributed by atoms with Crippen molar-refractivity contribution in [2.75, 3.05) is 6.54 Å². The molecular weight excluding hydrogens is 369 g/mol. The van der Waals surface area contributed by atoms with Crippen molar-refractivity contribution < 1.29 is 23.1 Å². The van der Waals surface area contributed by atoms with E-state index in [-0.39, 0.29) is 34.1 Å². The summed E-state index contributed by atoms with van der Waals surface area (Å²) < 4.78 is 40.6. The van der Waals surface area contributed by atoms with Crippen molar-refractivity contribution in [3.05, 3.63) is 40.0 Å². The van der Waals surface area contributed by atoms with Crippen molar-refractivity contribution in [1.29, 1.82) is 0 Å². The van der Waals surface area contributed by atoms with E-state index in [1.54, 1.807) is 6.07 Å². The Morgan fingerprint density at radius 2 is 2.00 bits per heavy atom. The molecule has 1 heterocycles. The molecule has 4 rings (SSSR count). The van der Waals surface area contributed by atoms with Gasteiger partial charge in [-0.15, -0.1) is 0 Å². The number of carbonyl (C=O) groups is 1. The fourth-order valence-electron chi connectivity index (χ4n) is 2.95. The average molecular weight is 385 g/mol. The van der Waals surface area contributed by atoms with Gasteiger partial charge >= 0.3 is 6.18 Å². The third-order valence-electron chi connectivity index (χ3n) is 4.88. The van der Waals surface area contributed by atoms with Gasteiger partial charge in [-0.05, 0) is 55.4 Å². The number of rotatable bonds is 4. The lowest BCUT2D eigenvalue weighted by Crippen LogP contribution is -2.33. The minimum Gasteiger partial charge on any atom is -0.388 e. The Labute approximate surface area is 152 Å². The van der Waals surface area contributed by atoms with Crippen LogP contribution in [0.2, 0.25) is 5.02 Å². The fourth-order valence-corrected chi connectivity index (χ4v) is 3.20. The van der Waals surface area contributed by atoms with Gasteiger partial charge in [0.2, 0.25) is 0 Å². The van der Waals surface area contributed by atoms with Gasteiger partial charge in [-0.3, -0.25) is 4.79 Å². The molecule has 0 bridgehead atoms. The van der Waals surface area contributed by atoms with E-state index in [0.717, 1.165) is 18.9 Å². The van der Waals surface area contributed by atoms with Gasteiger partial charge in [0.1, 0.15) is 5.69 Å². The Kier molecular flexibility index (Phi) is 3.93. The zero-order valence-electron chi connectivity index (χ0n) is 13.7. The minimum atomic E-state index is -4.60. The Morgan fingerprint density at radius 1 is 1.31 bits per heavy atom. The third kappa shape index (κ3) is 3.38. The first kappa shape index (κ1) is 17.5. The van der Waals surface area contributed by atoms with E-state index in [2.05, 4.69) is 10.3 Å². The summed E-state index contributed by atoms with van der Waals surface area (Å²) in [6.45, 7) is 0.0376. The summed E-state index contributed by atoms with van der Waals surface area (Å²) in [6.07, 6.45) is -1.71. The highest BCUT2D eigenvalue weighted by Gasteiger charge is 2.40. The van der Waals surface area contributed by atoms with E-state index in [0.29, 0.717) is 18.4 Å². The molecule has 2 aliphatic rings. The number of hydrogen-bond acceptors (Lipinski definition) is 3. The molecule has 2 saturated carbocycles. The number of nitrogens with zero attached hydrogens (tertiary/aromatic N) is 1. The van der Waals surface area contributed by atoms with Crippen molar-refractivity contribution in [3.8, 4) is 0 Å². The number of hydrogen-bond donors (Lipinski definition) is 2. The number of carbonyl (C=O) groups excluding carboxylic acids is 1. The monoisotopic (exact) mass is 384 g/mol. The molecule has 2 fully saturated rings. The van der Waals surface area contributed by atoms with Gasteiger partial charge in [0, 0.05) is 11.9 Å². The van der Waals surface area contributed by atoms with Gasteiger partial charge in [0.05, 0.1) is 21.7 Å². The minimum absolute atomic E-state index is 0.0376. The van der Waals surface area contributed by atoms with Crippen LogP contribution in [0, 0.1) is 0 Å². The Hall–Kier alpha value is -1.86. The van der Waals surface area contributed by atoms with Crippen LogP contribution in [0.15, 0.2) is 18.2 Å². The first-order valence-electron chi connectivity index (χ1n) is 8.38. The molecule has 0 spiro atoms. The Morgan fingerprint density at radius 3 is 2.58 bits per heavy atom. The molecule has 0 saturated heterocycles. The van der Waals surface area contributed by atoms with E-state index >= 15 is 0 Å². The molecule has 8 heteroatoms. The summed E-state index contributed by atoms with van der Waals surface area (Å²) in [6, 6.07) is 4.01. The van der Waals surface area contributed by atoms with Gasteiger partial charge in [0.15, 0.2) is 0 Å². The summed E-state index contributed by atoms with van der Waals surface area (Å²) in [5.41, 5.74) is -1.72. The molecule has 2 N–H and O–H groups in total. The number of benzene rings is 1.